The van der Waals surface area contributed by atoms with Gasteiger partial charge in [0.15, 0.2) is 0 Å². The zero-order valence-electron chi connectivity index (χ0n) is 12.9. The summed E-state index contributed by atoms with van der Waals surface area (Å²) in [5.74, 6) is 1.06. The van der Waals surface area contributed by atoms with E-state index in [1.54, 1.807) is 0 Å². The van der Waals surface area contributed by atoms with E-state index in [1.165, 1.54) is 22.3 Å². The van der Waals surface area contributed by atoms with E-state index in [-0.39, 0.29) is 0 Å². The van der Waals surface area contributed by atoms with E-state index in [2.05, 4.69) is 61.6 Å². The minimum Gasteiger partial charge on any atom is -0.493 e. The molecular weight excluding hydrogens is 258 g/mol. The van der Waals surface area contributed by atoms with Crippen LogP contribution >= 0.6 is 0 Å². The van der Waals surface area contributed by atoms with Gasteiger partial charge in [-0.2, -0.15) is 0 Å². The molecule has 0 saturated heterocycles. The Bertz CT molecular complexity index is 621. The van der Waals surface area contributed by atoms with Crippen molar-refractivity contribution in [3.05, 3.63) is 64.7 Å². The zero-order valence-corrected chi connectivity index (χ0v) is 12.9. The summed E-state index contributed by atoms with van der Waals surface area (Å²) in [5.41, 5.74) is 5.50. The Hall–Kier alpha value is -1.80. The topological polar surface area (TPSA) is 21.3 Å². The molecule has 0 saturated carbocycles. The molecule has 3 rings (SSSR count). The van der Waals surface area contributed by atoms with Crippen LogP contribution in [-0.4, -0.2) is 12.6 Å². The summed E-state index contributed by atoms with van der Waals surface area (Å²) >= 11 is 0. The minimum absolute atomic E-state index is 0.468. The molecule has 1 atom stereocenters. The predicted molar refractivity (Wildman–Crippen MR) is 86.8 cm³/mol. The molecule has 1 aliphatic rings. The number of rotatable bonds is 5. The predicted octanol–water partition coefficient (Wildman–Crippen LogP) is 3.65. The first-order chi connectivity index (χ1) is 10.2. The van der Waals surface area contributed by atoms with Gasteiger partial charge in [-0.3, -0.25) is 0 Å². The van der Waals surface area contributed by atoms with E-state index in [1.807, 2.05) is 0 Å². The second-order valence-corrected chi connectivity index (χ2v) is 5.95. The number of hydrogen-bond acceptors (Lipinski definition) is 2. The number of benzene rings is 2. The van der Waals surface area contributed by atoms with E-state index in [0.717, 1.165) is 31.7 Å². The van der Waals surface area contributed by atoms with E-state index in [9.17, 15) is 0 Å². The van der Waals surface area contributed by atoms with Gasteiger partial charge in [0, 0.05) is 19.0 Å². The van der Waals surface area contributed by atoms with Crippen molar-refractivity contribution in [1.82, 2.24) is 5.32 Å². The lowest BCUT2D eigenvalue weighted by atomic mass is 10.0. The van der Waals surface area contributed by atoms with Crippen LogP contribution in [0.4, 0.5) is 0 Å². The van der Waals surface area contributed by atoms with Gasteiger partial charge in [0.25, 0.3) is 0 Å². The lowest BCUT2D eigenvalue weighted by Crippen LogP contribution is -2.27. The molecule has 0 bridgehead atoms. The maximum absolute atomic E-state index is 5.55. The summed E-state index contributed by atoms with van der Waals surface area (Å²) in [4.78, 5) is 0. The van der Waals surface area contributed by atoms with Crippen LogP contribution in [-0.2, 0) is 19.4 Å². The van der Waals surface area contributed by atoms with Crippen LogP contribution in [0.3, 0.4) is 0 Å². The Balaban J connectivity index is 1.56. The maximum Gasteiger partial charge on any atom is 0.122 e. The molecule has 0 radical (unpaired) electrons. The highest BCUT2D eigenvalue weighted by Crippen LogP contribution is 2.25. The first-order valence-corrected chi connectivity index (χ1v) is 7.75. The monoisotopic (exact) mass is 281 g/mol. The SMILES string of the molecule is Cc1ccccc1CC(C)NCc1ccc2c(c1)CCO2. The third-order valence-corrected chi connectivity index (χ3v) is 4.20. The fourth-order valence-electron chi connectivity index (χ4n) is 2.88. The molecule has 2 aromatic carbocycles. The van der Waals surface area contributed by atoms with Crippen LogP contribution in [0.5, 0.6) is 5.75 Å². The lowest BCUT2D eigenvalue weighted by Gasteiger charge is -2.15. The van der Waals surface area contributed by atoms with E-state index in [4.69, 9.17) is 4.74 Å². The van der Waals surface area contributed by atoms with Crippen LogP contribution in [0.25, 0.3) is 0 Å². The van der Waals surface area contributed by atoms with Crippen molar-refractivity contribution in [2.45, 2.75) is 39.3 Å². The molecular formula is C19H23NO. The standard InChI is InChI=1S/C19H23NO/c1-14-5-3-4-6-17(14)11-15(2)20-13-16-7-8-19-18(12-16)9-10-21-19/h3-8,12,15,20H,9-11,13H2,1-2H3. The molecule has 0 aliphatic carbocycles. The van der Waals surface area contributed by atoms with E-state index >= 15 is 0 Å². The number of aryl methyl sites for hydroxylation is 1. The third-order valence-electron chi connectivity index (χ3n) is 4.20. The summed E-state index contributed by atoms with van der Waals surface area (Å²) in [6, 6.07) is 15.6. The first kappa shape index (κ1) is 14.2. The molecule has 2 nitrogen and oxygen atoms in total. The second kappa shape index (κ2) is 6.31. The molecule has 0 spiro atoms. The van der Waals surface area contributed by atoms with Crippen molar-refractivity contribution in [2.24, 2.45) is 0 Å². The van der Waals surface area contributed by atoms with Gasteiger partial charge in [0.1, 0.15) is 5.75 Å². The second-order valence-electron chi connectivity index (χ2n) is 5.95. The minimum atomic E-state index is 0.468. The molecule has 2 aromatic rings. The van der Waals surface area contributed by atoms with E-state index < -0.39 is 0 Å². The van der Waals surface area contributed by atoms with Gasteiger partial charge in [-0.1, -0.05) is 36.4 Å². The van der Waals surface area contributed by atoms with Crippen molar-refractivity contribution < 1.29 is 4.74 Å². The molecule has 0 fully saturated rings. The van der Waals surface area contributed by atoms with Crippen molar-refractivity contribution in [1.29, 1.82) is 0 Å². The fraction of sp³-hybridized carbons (Fsp3) is 0.368. The largest absolute Gasteiger partial charge is 0.493 e. The highest BCUT2D eigenvalue weighted by Gasteiger charge is 2.12. The van der Waals surface area contributed by atoms with Crippen molar-refractivity contribution in [3.8, 4) is 5.75 Å². The lowest BCUT2D eigenvalue weighted by molar-refractivity contribution is 0.357. The first-order valence-electron chi connectivity index (χ1n) is 7.75. The quantitative estimate of drug-likeness (QED) is 0.903. The van der Waals surface area contributed by atoms with Crippen LogP contribution in [0, 0.1) is 6.92 Å². The highest BCUT2D eigenvalue weighted by molar-refractivity contribution is 5.39. The maximum atomic E-state index is 5.55. The number of nitrogens with one attached hydrogen (secondary N) is 1. The molecule has 1 heterocycles. The average molecular weight is 281 g/mol. The molecule has 1 aliphatic heterocycles. The smallest absolute Gasteiger partial charge is 0.122 e. The molecule has 110 valence electrons. The Morgan fingerprint density at radius 3 is 2.90 bits per heavy atom. The van der Waals surface area contributed by atoms with Gasteiger partial charge >= 0.3 is 0 Å². The van der Waals surface area contributed by atoms with Crippen LogP contribution in [0.15, 0.2) is 42.5 Å². The Morgan fingerprint density at radius 1 is 1.19 bits per heavy atom. The summed E-state index contributed by atoms with van der Waals surface area (Å²) in [5, 5.41) is 3.62. The van der Waals surface area contributed by atoms with Crippen LogP contribution in [0.1, 0.15) is 29.2 Å². The van der Waals surface area contributed by atoms with Crippen LogP contribution < -0.4 is 10.1 Å². The van der Waals surface area contributed by atoms with E-state index in [0.29, 0.717) is 6.04 Å². The molecule has 1 N–H and O–H groups in total. The average Bonchev–Trinajstić information content (AvgIpc) is 2.95. The Kier molecular flexibility index (Phi) is 4.26. The molecule has 0 aromatic heterocycles. The van der Waals surface area contributed by atoms with Gasteiger partial charge in [-0.15, -0.1) is 0 Å². The highest BCUT2D eigenvalue weighted by atomic mass is 16.5. The van der Waals surface area contributed by atoms with Gasteiger partial charge < -0.3 is 10.1 Å². The van der Waals surface area contributed by atoms with Crippen molar-refractivity contribution in [3.63, 3.8) is 0 Å². The number of ether oxygens (including phenoxy) is 1. The number of hydrogen-bond donors (Lipinski definition) is 1. The van der Waals surface area contributed by atoms with Crippen molar-refractivity contribution in [2.75, 3.05) is 6.61 Å². The molecule has 0 amide bonds. The normalized spacial score (nSPS) is 14.6. The summed E-state index contributed by atoms with van der Waals surface area (Å²) in [6.45, 7) is 6.18. The molecule has 1 unspecified atom stereocenters. The fourth-order valence-corrected chi connectivity index (χ4v) is 2.88. The summed E-state index contributed by atoms with van der Waals surface area (Å²) in [6.07, 6.45) is 2.11. The van der Waals surface area contributed by atoms with Gasteiger partial charge in [0.2, 0.25) is 0 Å². The third kappa shape index (κ3) is 3.45. The van der Waals surface area contributed by atoms with Crippen molar-refractivity contribution >= 4 is 0 Å². The van der Waals surface area contributed by atoms with Crippen LogP contribution in [0.2, 0.25) is 0 Å². The Morgan fingerprint density at radius 2 is 2.05 bits per heavy atom. The Labute approximate surface area is 127 Å². The molecule has 21 heavy (non-hydrogen) atoms. The van der Waals surface area contributed by atoms with Gasteiger partial charge in [-0.25, -0.2) is 0 Å². The van der Waals surface area contributed by atoms with Gasteiger partial charge in [-0.05, 0) is 48.6 Å². The van der Waals surface area contributed by atoms with Gasteiger partial charge in [0.05, 0.1) is 6.61 Å². The zero-order chi connectivity index (χ0) is 14.7. The summed E-state index contributed by atoms with van der Waals surface area (Å²) < 4.78 is 5.55. The number of fused-ring (bicyclic) bond motifs is 1. The molecule has 2 heteroatoms. The summed E-state index contributed by atoms with van der Waals surface area (Å²) in [7, 11) is 0.